The van der Waals surface area contributed by atoms with Crippen LogP contribution >= 0.6 is 23.6 Å². The van der Waals surface area contributed by atoms with E-state index < -0.39 is 5.92 Å². The minimum Gasteiger partial charge on any atom is -0.393 e. The predicted molar refractivity (Wildman–Crippen MR) is 54.5 cm³/mol. The van der Waals surface area contributed by atoms with Crippen LogP contribution in [0.1, 0.15) is 6.92 Å². The first kappa shape index (κ1) is 10.0. The second kappa shape index (κ2) is 4.24. The molecule has 0 aromatic carbocycles. The van der Waals surface area contributed by atoms with Gasteiger partial charge < -0.3 is 5.73 Å². The van der Waals surface area contributed by atoms with Crippen LogP contribution in [0, 0.1) is 5.92 Å². The molecular weight excluding hydrogens is 208 g/mol. The Labute approximate surface area is 84.3 Å². The Morgan fingerprint density at radius 3 is 3.00 bits per heavy atom. The SMILES string of the molecule is CC(C(=O)Nc1nncs1)C(N)=S. The van der Waals surface area contributed by atoms with Gasteiger partial charge in [0.15, 0.2) is 0 Å². The van der Waals surface area contributed by atoms with Gasteiger partial charge in [0.1, 0.15) is 5.51 Å². The zero-order valence-electron chi connectivity index (χ0n) is 6.85. The number of nitrogens with two attached hydrogens (primary N) is 1. The van der Waals surface area contributed by atoms with Crippen LogP contribution in [0.5, 0.6) is 0 Å². The Morgan fingerprint density at radius 1 is 1.85 bits per heavy atom. The highest BCUT2D eigenvalue weighted by atomic mass is 32.1. The summed E-state index contributed by atoms with van der Waals surface area (Å²) < 4.78 is 0. The van der Waals surface area contributed by atoms with Crippen LogP contribution in [0.15, 0.2) is 5.51 Å². The lowest BCUT2D eigenvalue weighted by atomic mass is 10.2. The topological polar surface area (TPSA) is 80.9 Å². The van der Waals surface area contributed by atoms with Crippen molar-refractivity contribution in [1.82, 2.24) is 10.2 Å². The van der Waals surface area contributed by atoms with Crippen LogP contribution in [0.2, 0.25) is 0 Å². The van der Waals surface area contributed by atoms with Gasteiger partial charge in [-0.25, -0.2) is 0 Å². The molecule has 0 aliphatic carbocycles. The molecule has 13 heavy (non-hydrogen) atoms. The summed E-state index contributed by atoms with van der Waals surface area (Å²) in [5, 5.41) is 10.2. The van der Waals surface area contributed by atoms with Gasteiger partial charge in [0.05, 0.1) is 10.9 Å². The summed E-state index contributed by atoms with van der Waals surface area (Å²) in [6.45, 7) is 1.64. The Morgan fingerprint density at radius 2 is 2.54 bits per heavy atom. The third-order valence-corrected chi connectivity index (χ3v) is 2.37. The van der Waals surface area contributed by atoms with Crippen molar-refractivity contribution in [3.8, 4) is 0 Å². The van der Waals surface area contributed by atoms with E-state index in [1.165, 1.54) is 16.8 Å². The zero-order valence-corrected chi connectivity index (χ0v) is 8.48. The molecule has 0 saturated carbocycles. The fourth-order valence-corrected chi connectivity index (χ4v) is 1.13. The average Bonchev–Trinajstić information content (AvgIpc) is 2.55. The second-order valence-corrected chi connectivity index (χ2v) is 3.66. The van der Waals surface area contributed by atoms with Crippen molar-refractivity contribution in [3.05, 3.63) is 5.51 Å². The number of thiocarbonyl (C=S) groups is 1. The second-order valence-electron chi connectivity index (χ2n) is 2.36. The monoisotopic (exact) mass is 216 g/mol. The Kier molecular flexibility index (Phi) is 3.26. The lowest BCUT2D eigenvalue weighted by Crippen LogP contribution is -2.30. The van der Waals surface area contributed by atoms with Crippen molar-refractivity contribution in [1.29, 1.82) is 0 Å². The highest BCUT2D eigenvalue weighted by molar-refractivity contribution is 7.80. The molecule has 7 heteroatoms. The third-order valence-electron chi connectivity index (χ3n) is 1.41. The fourth-order valence-electron chi connectivity index (χ4n) is 0.570. The van der Waals surface area contributed by atoms with Crippen molar-refractivity contribution in [3.63, 3.8) is 0 Å². The number of aromatic nitrogens is 2. The molecular formula is C6H8N4OS2. The van der Waals surface area contributed by atoms with Crippen LogP contribution in [-0.4, -0.2) is 21.1 Å². The van der Waals surface area contributed by atoms with Crippen molar-refractivity contribution in [2.45, 2.75) is 6.92 Å². The number of anilines is 1. The van der Waals surface area contributed by atoms with E-state index >= 15 is 0 Å². The van der Waals surface area contributed by atoms with Crippen LogP contribution in [0.4, 0.5) is 5.13 Å². The number of rotatable bonds is 3. The summed E-state index contributed by atoms with van der Waals surface area (Å²) in [6, 6.07) is 0. The molecule has 1 unspecified atom stereocenters. The van der Waals surface area contributed by atoms with Gasteiger partial charge in [0, 0.05) is 0 Å². The van der Waals surface area contributed by atoms with E-state index in [2.05, 4.69) is 27.7 Å². The first-order valence-electron chi connectivity index (χ1n) is 3.47. The lowest BCUT2D eigenvalue weighted by Gasteiger charge is -2.07. The molecule has 1 aromatic heterocycles. The maximum absolute atomic E-state index is 11.3. The Bertz CT molecular complexity index is 310. The summed E-state index contributed by atoms with van der Waals surface area (Å²) in [6.07, 6.45) is 0. The third kappa shape index (κ3) is 2.71. The highest BCUT2D eigenvalue weighted by Crippen LogP contribution is 2.09. The van der Waals surface area contributed by atoms with Gasteiger partial charge in [0.2, 0.25) is 11.0 Å². The van der Waals surface area contributed by atoms with E-state index in [-0.39, 0.29) is 10.9 Å². The molecule has 1 atom stereocenters. The van der Waals surface area contributed by atoms with Gasteiger partial charge >= 0.3 is 0 Å². The highest BCUT2D eigenvalue weighted by Gasteiger charge is 2.16. The van der Waals surface area contributed by atoms with Crippen LogP contribution < -0.4 is 11.1 Å². The first-order valence-corrected chi connectivity index (χ1v) is 4.76. The van der Waals surface area contributed by atoms with Gasteiger partial charge in [-0.1, -0.05) is 23.6 Å². The van der Waals surface area contributed by atoms with E-state index in [9.17, 15) is 4.79 Å². The average molecular weight is 216 g/mol. The summed E-state index contributed by atoms with van der Waals surface area (Å²) in [5.41, 5.74) is 6.83. The van der Waals surface area contributed by atoms with E-state index in [0.29, 0.717) is 5.13 Å². The molecule has 70 valence electrons. The van der Waals surface area contributed by atoms with Gasteiger partial charge in [-0.15, -0.1) is 10.2 Å². The molecule has 1 rings (SSSR count). The standard InChI is InChI=1S/C6H8N4OS2/c1-3(4(7)12)5(11)9-6-10-8-2-13-6/h2-3H,1H3,(H2,7,12)(H,9,10,11). The molecule has 1 amide bonds. The maximum Gasteiger partial charge on any atom is 0.235 e. The summed E-state index contributed by atoms with van der Waals surface area (Å²) in [7, 11) is 0. The quantitative estimate of drug-likeness (QED) is 0.715. The van der Waals surface area contributed by atoms with Crippen molar-refractivity contribution in [2.75, 3.05) is 5.32 Å². The number of carbonyl (C=O) groups excluding carboxylic acids is 1. The number of amides is 1. The smallest absolute Gasteiger partial charge is 0.235 e. The molecule has 0 spiro atoms. The molecule has 0 aliphatic heterocycles. The molecule has 5 nitrogen and oxygen atoms in total. The molecule has 1 heterocycles. The van der Waals surface area contributed by atoms with Crippen molar-refractivity contribution < 1.29 is 4.79 Å². The van der Waals surface area contributed by atoms with E-state index in [0.717, 1.165) is 0 Å². The molecule has 1 aromatic rings. The minimum atomic E-state index is -0.487. The van der Waals surface area contributed by atoms with Crippen molar-refractivity contribution in [2.24, 2.45) is 11.7 Å². The molecule has 0 fully saturated rings. The minimum absolute atomic E-state index is 0.169. The van der Waals surface area contributed by atoms with Gasteiger partial charge in [-0.05, 0) is 6.92 Å². The van der Waals surface area contributed by atoms with Gasteiger partial charge in [0.25, 0.3) is 0 Å². The number of hydrogen-bond acceptors (Lipinski definition) is 5. The predicted octanol–water partition coefficient (Wildman–Crippen LogP) is 0.399. The summed E-state index contributed by atoms with van der Waals surface area (Å²) in [4.78, 5) is 11.5. The van der Waals surface area contributed by atoms with E-state index in [1.54, 1.807) is 6.92 Å². The number of carbonyl (C=O) groups is 1. The molecule has 0 radical (unpaired) electrons. The molecule has 0 aliphatic rings. The Balaban J connectivity index is 2.56. The normalized spacial score (nSPS) is 12.1. The van der Waals surface area contributed by atoms with Gasteiger partial charge in [-0.2, -0.15) is 0 Å². The number of nitrogens with one attached hydrogen (secondary N) is 1. The summed E-state index contributed by atoms with van der Waals surface area (Å²) >= 11 is 5.92. The zero-order chi connectivity index (χ0) is 9.84. The van der Waals surface area contributed by atoms with Gasteiger partial charge in [-0.3, -0.25) is 10.1 Å². The number of nitrogens with zero attached hydrogens (tertiary/aromatic N) is 2. The van der Waals surface area contributed by atoms with Crippen LogP contribution in [0.25, 0.3) is 0 Å². The van der Waals surface area contributed by atoms with Crippen LogP contribution in [0.3, 0.4) is 0 Å². The van der Waals surface area contributed by atoms with E-state index in [4.69, 9.17) is 5.73 Å². The Hall–Kier alpha value is -1.08. The van der Waals surface area contributed by atoms with Crippen molar-refractivity contribution >= 4 is 39.6 Å². The number of hydrogen-bond donors (Lipinski definition) is 2. The van der Waals surface area contributed by atoms with E-state index in [1.807, 2.05) is 0 Å². The molecule has 3 N–H and O–H groups in total. The molecule has 0 saturated heterocycles. The van der Waals surface area contributed by atoms with Crippen LogP contribution in [-0.2, 0) is 4.79 Å². The maximum atomic E-state index is 11.3. The summed E-state index contributed by atoms with van der Waals surface area (Å²) in [5.74, 6) is -0.747. The lowest BCUT2D eigenvalue weighted by molar-refractivity contribution is -0.117. The fraction of sp³-hybridized carbons (Fsp3) is 0.333. The first-order chi connectivity index (χ1) is 6.11. The molecule has 0 bridgehead atoms. The largest absolute Gasteiger partial charge is 0.393 e.